The average molecular weight is 223 g/mol. The van der Waals surface area contributed by atoms with Gasteiger partial charge in [0, 0.05) is 19.1 Å². The second-order valence-electron chi connectivity index (χ2n) is 4.74. The van der Waals surface area contributed by atoms with E-state index in [0.29, 0.717) is 17.7 Å². The number of nitrogens with two attached hydrogens (primary N) is 1. The van der Waals surface area contributed by atoms with E-state index >= 15 is 0 Å². The lowest BCUT2D eigenvalue weighted by Gasteiger charge is -2.25. The summed E-state index contributed by atoms with van der Waals surface area (Å²) in [5.41, 5.74) is 6.16. The fourth-order valence-corrected chi connectivity index (χ4v) is 2.16. The quantitative estimate of drug-likeness (QED) is 0.837. The number of hydrogen-bond donors (Lipinski definition) is 1. The second kappa shape index (κ2) is 4.14. The minimum Gasteiger partial charge on any atom is -0.381 e. The molecule has 1 aliphatic carbocycles. The van der Waals surface area contributed by atoms with Crippen molar-refractivity contribution in [2.75, 3.05) is 13.2 Å². The third-order valence-corrected chi connectivity index (χ3v) is 3.46. The van der Waals surface area contributed by atoms with Crippen molar-refractivity contribution in [3.05, 3.63) is 11.7 Å². The van der Waals surface area contributed by atoms with Crippen LogP contribution < -0.4 is 5.73 Å². The maximum absolute atomic E-state index is 6.16. The van der Waals surface area contributed by atoms with Crippen LogP contribution in [0.5, 0.6) is 0 Å². The van der Waals surface area contributed by atoms with Crippen LogP contribution in [0.15, 0.2) is 4.52 Å². The first-order valence-electron chi connectivity index (χ1n) is 6.01. The molecule has 0 amide bonds. The maximum atomic E-state index is 6.16. The molecule has 1 unspecified atom stereocenters. The van der Waals surface area contributed by atoms with Crippen LogP contribution in [0.4, 0.5) is 0 Å². The van der Waals surface area contributed by atoms with Crippen molar-refractivity contribution >= 4 is 0 Å². The molecule has 2 aliphatic rings. The summed E-state index contributed by atoms with van der Waals surface area (Å²) in [6.07, 6.45) is 4.34. The molecule has 88 valence electrons. The third-order valence-electron chi connectivity index (χ3n) is 3.46. The van der Waals surface area contributed by atoms with Gasteiger partial charge >= 0.3 is 0 Å². The van der Waals surface area contributed by atoms with E-state index in [1.54, 1.807) is 0 Å². The monoisotopic (exact) mass is 223 g/mol. The lowest BCUT2D eigenvalue weighted by atomic mass is 9.92. The first-order chi connectivity index (χ1) is 7.84. The second-order valence-corrected chi connectivity index (χ2v) is 4.74. The molecule has 1 saturated carbocycles. The van der Waals surface area contributed by atoms with Gasteiger partial charge in [-0.05, 0) is 31.6 Å². The SMILES string of the molecule is NC(c1noc(C2CC2)n1)C1CCOCC1. The Morgan fingerprint density at radius 2 is 1.94 bits per heavy atom. The average Bonchev–Trinajstić information content (AvgIpc) is 3.08. The normalized spacial score (nSPS) is 24.6. The first-order valence-corrected chi connectivity index (χ1v) is 6.01. The highest BCUT2D eigenvalue weighted by molar-refractivity contribution is 5.04. The molecule has 2 heterocycles. The summed E-state index contributed by atoms with van der Waals surface area (Å²) in [7, 11) is 0. The molecule has 2 N–H and O–H groups in total. The summed E-state index contributed by atoms with van der Waals surface area (Å²) in [4.78, 5) is 4.40. The molecule has 5 heteroatoms. The molecule has 0 radical (unpaired) electrons. The molecule has 1 saturated heterocycles. The van der Waals surface area contributed by atoms with E-state index in [1.807, 2.05) is 0 Å². The molecule has 0 aromatic carbocycles. The summed E-state index contributed by atoms with van der Waals surface area (Å²) < 4.78 is 10.5. The Morgan fingerprint density at radius 3 is 2.62 bits per heavy atom. The van der Waals surface area contributed by atoms with Crippen molar-refractivity contribution in [1.29, 1.82) is 0 Å². The highest BCUT2D eigenvalue weighted by Crippen LogP contribution is 2.39. The summed E-state index contributed by atoms with van der Waals surface area (Å²) >= 11 is 0. The van der Waals surface area contributed by atoms with E-state index in [1.165, 1.54) is 12.8 Å². The fraction of sp³-hybridized carbons (Fsp3) is 0.818. The minimum absolute atomic E-state index is 0.0971. The van der Waals surface area contributed by atoms with Crippen LogP contribution in [0.2, 0.25) is 0 Å². The smallest absolute Gasteiger partial charge is 0.229 e. The van der Waals surface area contributed by atoms with Crippen molar-refractivity contribution in [3.63, 3.8) is 0 Å². The zero-order chi connectivity index (χ0) is 11.0. The van der Waals surface area contributed by atoms with E-state index in [-0.39, 0.29) is 6.04 Å². The standard InChI is InChI=1S/C11H17N3O2/c12-9(7-3-5-15-6-4-7)10-13-11(16-14-10)8-1-2-8/h7-9H,1-6,12H2. The Kier molecular flexibility index (Phi) is 2.65. The Labute approximate surface area is 94.3 Å². The molecule has 1 aromatic heterocycles. The molecule has 1 atom stereocenters. The van der Waals surface area contributed by atoms with E-state index in [9.17, 15) is 0 Å². The molecule has 1 aliphatic heterocycles. The van der Waals surface area contributed by atoms with Crippen molar-refractivity contribution < 1.29 is 9.26 Å². The van der Waals surface area contributed by atoms with Gasteiger partial charge in [-0.3, -0.25) is 0 Å². The Bertz CT molecular complexity index is 356. The number of rotatable bonds is 3. The van der Waals surface area contributed by atoms with Gasteiger partial charge in [-0.1, -0.05) is 5.16 Å². The van der Waals surface area contributed by atoms with Crippen LogP contribution in [0.25, 0.3) is 0 Å². The van der Waals surface area contributed by atoms with Crippen LogP contribution >= 0.6 is 0 Å². The number of aromatic nitrogens is 2. The van der Waals surface area contributed by atoms with Crippen molar-refractivity contribution in [2.24, 2.45) is 11.7 Å². The predicted octanol–water partition coefficient (Wildman–Crippen LogP) is 1.37. The minimum atomic E-state index is -0.0971. The van der Waals surface area contributed by atoms with E-state index in [0.717, 1.165) is 31.9 Å². The number of hydrogen-bond acceptors (Lipinski definition) is 5. The Morgan fingerprint density at radius 1 is 1.19 bits per heavy atom. The molecule has 5 nitrogen and oxygen atoms in total. The van der Waals surface area contributed by atoms with E-state index in [2.05, 4.69) is 10.1 Å². The van der Waals surface area contributed by atoms with Crippen molar-refractivity contribution in [3.8, 4) is 0 Å². The molecule has 0 bridgehead atoms. The maximum Gasteiger partial charge on any atom is 0.229 e. The van der Waals surface area contributed by atoms with Gasteiger partial charge in [-0.2, -0.15) is 4.98 Å². The van der Waals surface area contributed by atoms with E-state index in [4.69, 9.17) is 15.0 Å². The lowest BCUT2D eigenvalue weighted by molar-refractivity contribution is 0.0572. The Balaban J connectivity index is 1.69. The van der Waals surface area contributed by atoms with Crippen molar-refractivity contribution in [2.45, 2.75) is 37.6 Å². The van der Waals surface area contributed by atoms with Gasteiger partial charge in [0.15, 0.2) is 5.82 Å². The molecule has 0 spiro atoms. The number of ether oxygens (including phenoxy) is 1. The molecule has 1 aromatic rings. The fourth-order valence-electron chi connectivity index (χ4n) is 2.16. The van der Waals surface area contributed by atoms with E-state index < -0.39 is 0 Å². The topological polar surface area (TPSA) is 74.2 Å². The van der Waals surface area contributed by atoms with Gasteiger partial charge in [-0.15, -0.1) is 0 Å². The van der Waals surface area contributed by atoms with Crippen LogP contribution in [0.1, 0.15) is 49.4 Å². The summed E-state index contributed by atoms with van der Waals surface area (Å²) in [6.45, 7) is 1.59. The predicted molar refractivity (Wildman–Crippen MR) is 56.7 cm³/mol. The summed E-state index contributed by atoms with van der Waals surface area (Å²) in [5.74, 6) is 2.38. The highest BCUT2D eigenvalue weighted by atomic mass is 16.5. The summed E-state index contributed by atoms with van der Waals surface area (Å²) in [5, 5.41) is 4.00. The zero-order valence-corrected chi connectivity index (χ0v) is 9.26. The lowest BCUT2D eigenvalue weighted by Crippen LogP contribution is -2.28. The molecular formula is C11H17N3O2. The largest absolute Gasteiger partial charge is 0.381 e. The third kappa shape index (κ3) is 1.97. The highest BCUT2D eigenvalue weighted by Gasteiger charge is 2.32. The van der Waals surface area contributed by atoms with Gasteiger partial charge in [0.05, 0.1) is 6.04 Å². The summed E-state index contributed by atoms with van der Waals surface area (Å²) in [6, 6.07) is -0.0971. The van der Waals surface area contributed by atoms with Crippen LogP contribution in [0, 0.1) is 5.92 Å². The molecular weight excluding hydrogens is 206 g/mol. The molecule has 2 fully saturated rings. The van der Waals surface area contributed by atoms with Gasteiger partial charge in [0.2, 0.25) is 5.89 Å². The van der Waals surface area contributed by atoms with Gasteiger partial charge < -0.3 is 15.0 Å². The zero-order valence-electron chi connectivity index (χ0n) is 9.26. The van der Waals surface area contributed by atoms with Crippen LogP contribution in [-0.4, -0.2) is 23.4 Å². The molecule has 16 heavy (non-hydrogen) atoms. The van der Waals surface area contributed by atoms with Gasteiger partial charge in [0.25, 0.3) is 0 Å². The van der Waals surface area contributed by atoms with Crippen LogP contribution in [0.3, 0.4) is 0 Å². The van der Waals surface area contributed by atoms with Crippen LogP contribution in [-0.2, 0) is 4.74 Å². The van der Waals surface area contributed by atoms with Crippen molar-refractivity contribution in [1.82, 2.24) is 10.1 Å². The van der Waals surface area contributed by atoms with Gasteiger partial charge in [0.1, 0.15) is 0 Å². The number of nitrogens with zero attached hydrogens (tertiary/aromatic N) is 2. The first kappa shape index (κ1) is 10.2. The van der Waals surface area contributed by atoms with Gasteiger partial charge in [-0.25, -0.2) is 0 Å². The Hall–Kier alpha value is -0.940. The molecule has 3 rings (SSSR count).